The summed E-state index contributed by atoms with van der Waals surface area (Å²) in [5.74, 6) is 1.19. The minimum Gasteiger partial charge on any atom is -0.372 e. The minimum absolute atomic E-state index is 0.102. The van der Waals surface area contributed by atoms with Crippen LogP contribution in [0.1, 0.15) is 30.1 Å². The van der Waals surface area contributed by atoms with Crippen LogP contribution in [0.15, 0.2) is 18.6 Å². The fourth-order valence-corrected chi connectivity index (χ4v) is 3.55. The Kier molecular flexibility index (Phi) is 5.00. The normalized spacial score (nSPS) is 19.1. The Balaban J connectivity index is 1.31. The topological polar surface area (TPSA) is 68.1 Å². The highest BCUT2D eigenvalue weighted by Crippen LogP contribution is 2.28. The van der Waals surface area contributed by atoms with Crippen LogP contribution in [0, 0.1) is 0 Å². The molecular formula is C17H21F3N6O. The SMILES string of the molecule is FC(F)(F)c1cc(NC2CCN(Cc3cnc4n3CCOC4)CC2)ncn1. The second-order valence-corrected chi connectivity index (χ2v) is 6.85. The first-order valence-corrected chi connectivity index (χ1v) is 8.98. The van der Waals surface area contributed by atoms with E-state index < -0.39 is 11.9 Å². The van der Waals surface area contributed by atoms with Gasteiger partial charge in [-0.2, -0.15) is 13.2 Å². The number of aromatic nitrogens is 4. The summed E-state index contributed by atoms with van der Waals surface area (Å²) in [5.41, 5.74) is 0.261. The number of anilines is 1. The number of likely N-dealkylation sites (tertiary alicyclic amines) is 1. The van der Waals surface area contributed by atoms with E-state index in [-0.39, 0.29) is 11.9 Å². The van der Waals surface area contributed by atoms with Gasteiger partial charge in [-0.1, -0.05) is 0 Å². The lowest BCUT2D eigenvalue weighted by molar-refractivity contribution is -0.141. The maximum atomic E-state index is 12.8. The lowest BCUT2D eigenvalue weighted by atomic mass is 10.0. The zero-order valence-electron chi connectivity index (χ0n) is 14.7. The standard InChI is InChI=1S/C17H21F3N6O/c18-17(19,20)14-7-15(23-11-22-14)24-12-1-3-25(4-2-12)9-13-8-21-16-10-27-6-5-26(13)16/h7-8,11-12H,1-6,9-10H2,(H,22,23,24). The van der Waals surface area contributed by atoms with Crippen LogP contribution in [0.25, 0.3) is 0 Å². The van der Waals surface area contributed by atoms with Gasteiger partial charge in [-0.3, -0.25) is 4.90 Å². The smallest absolute Gasteiger partial charge is 0.372 e. The summed E-state index contributed by atoms with van der Waals surface area (Å²) >= 11 is 0. The number of halogens is 3. The number of alkyl halides is 3. The molecule has 2 aliphatic rings. The maximum Gasteiger partial charge on any atom is 0.433 e. The fraction of sp³-hybridized carbons (Fsp3) is 0.588. The number of hydrogen-bond acceptors (Lipinski definition) is 6. The largest absolute Gasteiger partial charge is 0.433 e. The third-order valence-electron chi connectivity index (χ3n) is 4.99. The number of piperidine rings is 1. The van der Waals surface area contributed by atoms with Gasteiger partial charge in [0.05, 0.1) is 12.3 Å². The minimum atomic E-state index is -4.46. The molecule has 0 bridgehead atoms. The summed E-state index contributed by atoms with van der Waals surface area (Å²) in [6, 6.07) is 1.07. The average Bonchev–Trinajstić information content (AvgIpc) is 3.06. The molecule has 0 saturated carbocycles. The van der Waals surface area contributed by atoms with Crippen molar-refractivity contribution in [3.05, 3.63) is 35.8 Å². The summed E-state index contributed by atoms with van der Waals surface area (Å²) in [7, 11) is 0. The molecule has 0 amide bonds. The number of fused-ring (bicyclic) bond motifs is 1. The molecule has 146 valence electrons. The van der Waals surface area contributed by atoms with E-state index in [0.29, 0.717) is 13.2 Å². The van der Waals surface area contributed by atoms with E-state index in [2.05, 4.69) is 29.7 Å². The molecule has 2 aromatic rings. The van der Waals surface area contributed by atoms with E-state index in [4.69, 9.17) is 4.74 Å². The first-order valence-electron chi connectivity index (χ1n) is 8.98. The van der Waals surface area contributed by atoms with Crippen LogP contribution >= 0.6 is 0 Å². The van der Waals surface area contributed by atoms with E-state index in [1.165, 1.54) is 5.69 Å². The first-order chi connectivity index (χ1) is 13.0. The fourth-order valence-electron chi connectivity index (χ4n) is 3.55. The van der Waals surface area contributed by atoms with Crippen LogP contribution in [0.3, 0.4) is 0 Å². The number of imidazole rings is 1. The van der Waals surface area contributed by atoms with Crippen molar-refractivity contribution < 1.29 is 17.9 Å². The van der Waals surface area contributed by atoms with Gasteiger partial charge in [-0.15, -0.1) is 0 Å². The molecule has 0 spiro atoms. The number of nitrogens with zero attached hydrogens (tertiary/aromatic N) is 5. The second kappa shape index (κ2) is 7.43. The monoisotopic (exact) mass is 382 g/mol. The van der Waals surface area contributed by atoms with Gasteiger partial charge in [0, 0.05) is 44.5 Å². The molecule has 0 radical (unpaired) electrons. The van der Waals surface area contributed by atoms with Crippen LogP contribution in [-0.2, 0) is 30.6 Å². The molecular weight excluding hydrogens is 361 g/mol. The van der Waals surface area contributed by atoms with Gasteiger partial charge in [0.2, 0.25) is 0 Å². The molecule has 7 nitrogen and oxygen atoms in total. The Hall–Kier alpha value is -2.20. The molecule has 0 aromatic carbocycles. The molecule has 1 saturated heterocycles. The molecule has 0 aliphatic carbocycles. The van der Waals surface area contributed by atoms with Crippen LogP contribution < -0.4 is 5.32 Å². The van der Waals surface area contributed by atoms with E-state index >= 15 is 0 Å². The van der Waals surface area contributed by atoms with Gasteiger partial charge in [-0.25, -0.2) is 15.0 Å². The molecule has 0 unspecified atom stereocenters. The Morgan fingerprint density at radius 2 is 1.96 bits per heavy atom. The zero-order valence-corrected chi connectivity index (χ0v) is 14.7. The molecule has 4 heterocycles. The van der Waals surface area contributed by atoms with Gasteiger partial charge in [0.1, 0.15) is 30.3 Å². The number of rotatable bonds is 4. The van der Waals surface area contributed by atoms with Crippen LogP contribution in [0.2, 0.25) is 0 Å². The quantitative estimate of drug-likeness (QED) is 0.875. The predicted molar refractivity (Wildman–Crippen MR) is 90.8 cm³/mol. The van der Waals surface area contributed by atoms with Crippen molar-refractivity contribution in [1.82, 2.24) is 24.4 Å². The average molecular weight is 382 g/mol. The number of nitrogens with one attached hydrogen (secondary N) is 1. The molecule has 1 N–H and O–H groups in total. The lowest BCUT2D eigenvalue weighted by Gasteiger charge is -2.33. The summed E-state index contributed by atoms with van der Waals surface area (Å²) in [5, 5.41) is 3.11. The Morgan fingerprint density at radius 1 is 1.15 bits per heavy atom. The first kappa shape index (κ1) is 18.2. The molecule has 27 heavy (non-hydrogen) atoms. The third kappa shape index (κ3) is 4.22. The van der Waals surface area contributed by atoms with E-state index in [9.17, 15) is 13.2 Å². The number of ether oxygens (including phenoxy) is 1. The van der Waals surface area contributed by atoms with E-state index in [0.717, 1.165) is 57.2 Å². The molecule has 2 aliphatic heterocycles. The molecule has 0 atom stereocenters. The second-order valence-electron chi connectivity index (χ2n) is 6.85. The highest BCUT2D eigenvalue weighted by molar-refractivity contribution is 5.36. The van der Waals surface area contributed by atoms with Crippen molar-refractivity contribution in [3.8, 4) is 0 Å². The summed E-state index contributed by atoms with van der Waals surface area (Å²) in [4.78, 5) is 14.0. The van der Waals surface area contributed by atoms with Gasteiger partial charge < -0.3 is 14.6 Å². The number of hydrogen-bond donors (Lipinski definition) is 1. The van der Waals surface area contributed by atoms with Gasteiger partial charge >= 0.3 is 6.18 Å². The zero-order chi connectivity index (χ0) is 18.9. The van der Waals surface area contributed by atoms with Crippen molar-refractivity contribution in [3.63, 3.8) is 0 Å². The molecule has 10 heteroatoms. The van der Waals surface area contributed by atoms with Gasteiger partial charge in [-0.05, 0) is 12.8 Å². The molecule has 2 aromatic heterocycles. The van der Waals surface area contributed by atoms with Crippen LogP contribution in [0.5, 0.6) is 0 Å². The van der Waals surface area contributed by atoms with Gasteiger partial charge in [0.25, 0.3) is 0 Å². The van der Waals surface area contributed by atoms with Gasteiger partial charge in [0.15, 0.2) is 0 Å². The Morgan fingerprint density at radius 3 is 2.74 bits per heavy atom. The van der Waals surface area contributed by atoms with Crippen molar-refractivity contribution in [2.45, 2.75) is 44.8 Å². The summed E-state index contributed by atoms with van der Waals surface area (Å²) < 4.78 is 45.9. The van der Waals surface area contributed by atoms with E-state index in [1.807, 2.05) is 6.20 Å². The van der Waals surface area contributed by atoms with Crippen molar-refractivity contribution in [2.75, 3.05) is 25.0 Å². The third-order valence-corrected chi connectivity index (χ3v) is 4.99. The van der Waals surface area contributed by atoms with Crippen molar-refractivity contribution >= 4 is 5.82 Å². The van der Waals surface area contributed by atoms with Crippen molar-refractivity contribution in [2.24, 2.45) is 0 Å². The highest BCUT2D eigenvalue weighted by atomic mass is 19.4. The summed E-state index contributed by atoms with van der Waals surface area (Å²) in [6.07, 6.45) is 0.0871. The lowest BCUT2D eigenvalue weighted by Crippen LogP contribution is -2.39. The molecule has 1 fully saturated rings. The van der Waals surface area contributed by atoms with E-state index in [1.54, 1.807) is 0 Å². The molecule has 4 rings (SSSR count). The predicted octanol–water partition coefficient (Wildman–Crippen LogP) is 2.30. The van der Waals surface area contributed by atoms with Crippen LogP contribution in [-0.4, -0.2) is 50.2 Å². The van der Waals surface area contributed by atoms with Crippen molar-refractivity contribution in [1.29, 1.82) is 0 Å². The summed E-state index contributed by atoms with van der Waals surface area (Å²) in [6.45, 7) is 4.66. The Labute approximate surface area is 154 Å². The Bertz CT molecular complexity index is 785. The maximum absolute atomic E-state index is 12.8. The van der Waals surface area contributed by atoms with Crippen LogP contribution in [0.4, 0.5) is 19.0 Å². The highest BCUT2D eigenvalue weighted by Gasteiger charge is 2.33.